The Balaban J connectivity index is 2.67. The van der Waals surface area contributed by atoms with E-state index >= 15 is 0 Å². The lowest BCUT2D eigenvalue weighted by atomic mass is 9.82. The number of carboxylic acids is 1. The maximum atomic E-state index is 11.4. The van der Waals surface area contributed by atoms with Crippen LogP contribution in [0.5, 0.6) is 0 Å². The molecule has 1 N–H and O–H groups in total. The van der Waals surface area contributed by atoms with E-state index in [0.29, 0.717) is 19.4 Å². The van der Waals surface area contributed by atoms with Crippen molar-refractivity contribution in [3.8, 4) is 0 Å². The van der Waals surface area contributed by atoms with Crippen molar-refractivity contribution in [1.82, 2.24) is 4.90 Å². The lowest BCUT2D eigenvalue weighted by Gasteiger charge is -2.31. The van der Waals surface area contributed by atoms with Crippen molar-refractivity contribution in [2.45, 2.75) is 33.2 Å². The van der Waals surface area contributed by atoms with Crippen LogP contribution in [-0.4, -0.2) is 29.6 Å². The van der Waals surface area contributed by atoms with Gasteiger partial charge < -0.3 is 10.0 Å². The van der Waals surface area contributed by atoms with Crippen molar-refractivity contribution in [1.29, 1.82) is 0 Å². The highest BCUT2D eigenvalue weighted by molar-refractivity contribution is 7.16. The Morgan fingerprint density at radius 3 is 2.44 bits per heavy atom. The third kappa shape index (κ3) is 3.70. The highest BCUT2D eigenvalue weighted by Gasteiger charge is 2.35. The van der Waals surface area contributed by atoms with Gasteiger partial charge in [0, 0.05) is 18.0 Å². The van der Waals surface area contributed by atoms with E-state index in [4.69, 9.17) is 11.6 Å². The lowest BCUT2D eigenvalue weighted by molar-refractivity contribution is -0.150. The fourth-order valence-electron chi connectivity index (χ4n) is 2.12. The fraction of sp³-hybridized carbons (Fsp3) is 0.615. The van der Waals surface area contributed by atoms with Crippen LogP contribution in [0.15, 0.2) is 12.1 Å². The van der Waals surface area contributed by atoms with Gasteiger partial charge in [-0.1, -0.05) is 25.4 Å². The first-order valence-electron chi connectivity index (χ1n) is 6.09. The van der Waals surface area contributed by atoms with Gasteiger partial charge in [0.15, 0.2) is 0 Å². The molecule has 0 unspecified atom stereocenters. The van der Waals surface area contributed by atoms with Crippen molar-refractivity contribution in [2.75, 3.05) is 13.6 Å². The fourth-order valence-corrected chi connectivity index (χ4v) is 3.29. The molecule has 1 aromatic rings. The molecule has 0 aliphatic heterocycles. The van der Waals surface area contributed by atoms with Gasteiger partial charge in [0.2, 0.25) is 0 Å². The summed E-state index contributed by atoms with van der Waals surface area (Å²) in [5.41, 5.74) is -0.643. The summed E-state index contributed by atoms with van der Waals surface area (Å²) >= 11 is 7.43. The van der Waals surface area contributed by atoms with Gasteiger partial charge in [-0.05, 0) is 32.0 Å². The number of nitrogens with zero attached hydrogens (tertiary/aromatic N) is 1. The Bertz CT molecular complexity index is 401. The SMILES string of the molecule is CCC(CC)(CN(C)Cc1ccc(Cl)s1)C(=O)O. The molecule has 0 amide bonds. The highest BCUT2D eigenvalue weighted by atomic mass is 35.5. The van der Waals surface area contributed by atoms with E-state index in [1.807, 2.05) is 33.0 Å². The van der Waals surface area contributed by atoms with Crippen molar-refractivity contribution < 1.29 is 9.90 Å². The minimum Gasteiger partial charge on any atom is -0.481 e. The van der Waals surface area contributed by atoms with Crippen LogP contribution in [0.25, 0.3) is 0 Å². The van der Waals surface area contributed by atoms with Gasteiger partial charge in [-0.2, -0.15) is 0 Å². The molecule has 3 nitrogen and oxygen atoms in total. The molecular formula is C13H20ClNO2S. The molecule has 0 spiro atoms. The molecule has 1 heterocycles. The summed E-state index contributed by atoms with van der Waals surface area (Å²) in [6.45, 7) is 5.18. The largest absolute Gasteiger partial charge is 0.481 e. The maximum absolute atomic E-state index is 11.4. The van der Waals surface area contributed by atoms with Gasteiger partial charge in [-0.25, -0.2) is 0 Å². The van der Waals surface area contributed by atoms with Crippen molar-refractivity contribution in [2.24, 2.45) is 5.41 Å². The van der Waals surface area contributed by atoms with Gasteiger partial charge in [-0.3, -0.25) is 4.79 Å². The summed E-state index contributed by atoms with van der Waals surface area (Å²) in [4.78, 5) is 14.7. The molecule has 1 rings (SSSR count). The van der Waals surface area contributed by atoms with Crippen LogP contribution < -0.4 is 0 Å². The molecule has 0 saturated heterocycles. The third-order valence-electron chi connectivity index (χ3n) is 3.43. The molecule has 0 fully saturated rings. The van der Waals surface area contributed by atoms with Crippen LogP contribution in [0, 0.1) is 5.41 Å². The van der Waals surface area contributed by atoms with Gasteiger partial charge in [0.05, 0.1) is 9.75 Å². The molecular weight excluding hydrogens is 270 g/mol. The van der Waals surface area contributed by atoms with E-state index in [1.165, 1.54) is 0 Å². The molecule has 0 bridgehead atoms. The maximum Gasteiger partial charge on any atom is 0.310 e. The van der Waals surface area contributed by atoms with Crippen LogP contribution in [-0.2, 0) is 11.3 Å². The number of hydrogen-bond acceptors (Lipinski definition) is 3. The molecule has 0 atom stereocenters. The first-order chi connectivity index (χ1) is 8.43. The first kappa shape index (κ1) is 15.5. The zero-order valence-corrected chi connectivity index (χ0v) is 12.6. The topological polar surface area (TPSA) is 40.5 Å². The standard InChI is InChI=1S/C13H20ClNO2S/c1-4-13(5-2,12(16)17)9-15(3)8-10-6-7-11(14)18-10/h6-7H,4-5,8-9H2,1-3H3,(H,16,17). The van der Waals surface area contributed by atoms with Crippen LogP contribution in [0.1, 0.15) is 31.6 Å². The monoisotopic (exact) mass is 289 g/mol. The van der Waals surface area contributed by atoms with E-state index in [2.05, 4.69) is 4.90 Å². The number of hydrogen-bond donors (Lipinski definition) is 1. The van der Waals surface area contributed by atoms with Gasteiger partial charge in [0.25, 0.3) is 0 Å². The second-order valence-corrected chi connectivity index (χ2v) is 6.47. The second kappa shape index (κ2) is 6.55. The molecule has 18 heavy (non-hydrogen) atoms. The van der Waals surface area contributed by atoms with Crippen LogP contribution in [0.3, 0.4) is 0 Å². The molecule has 0 aromatic carbocycles. The predicted molar refractivity (Wildman–Crippen MR) is 76.3 cm³/mol. The summed E-state index contributed by atoms with van der Waals surface area (Å²) in [5, 5.41) is 9.40. The number of aliphatic carboxylic acids is 1. The number of rotatable bonds is 7. The van der Waals surface area contributed by atoms with E-state index in [-0.39, 0.29) is 0 Å². The van der Waals surface area contributed by atoms with Gasteiger partial charge in [0.1, 0.15) is 0 Å². The summed E-state index contributed by atoms with van der Waals surface area (Å²) < 4.78 is 0.772. The first-order valence-corrected chi connectivity index (χ1v) is 7.29. The molecule has 0 saturated carbocycles. The molecule has 0 radical (unpaired) electrons. The Labute approximate surface area is 117 Å². The van der Waals surface area contributed by atoms with E-state index in [0.717, 1.165) is 15.8 Å². The molecule has 102 valence electrons. The predicted octanol–water partition coefficient (Wildman–Crippen LogP) is 3.72. The summed E-state index contributed by atoms with van der Waals surface area (Å²) in [6, 6.07) is 3.86. The van der Waals surface area contributed by atoms with Gasteiger partial charge >= 0.3 is 5.97 Å². The van der Waals surface area contributed by atoms with Crippen LogP contribution >= 0.6 is 22.9 Å². The highest BCUT2D eigenvalue weighted by Crippen LogP contribution is 2.29. The molecule has 0 aliphatic carbocycles. The number of carbonyl (C=O) groups is 1. The Morgan fingerprint density at radius 1 is 1.44 bits per heavy atom. The van der Waals surface area contributed by atoms with Crippen LogP contribution in [0.2, 0.25) is 4.34 Å². The Hall–Kier alpha value is -0.580. The smallest absolute Gasteiger partial charge is 0.310 e. The average molecular weight is 290 g/mol. The zero-order chi connectivity index (χ0) is 13.8. The molecule has 1 aromatic heterocycles. The van der Waals surface area contributed by atoms with E-state index in [9.17, 15) is 9.90 Å². The Kier molecular flexibility index (Phi) is 5.63. The summed E-state index contributed by atoms with van der Waals surface area (Å²) in [5.74, 6) is -0.705. The summed E-state index contributed by atoms with van der Waals surface area (Å²) in [7, 11) is 1.95. The average Bonchev–Trinajstić information content (AvgIpc) is 2.71. The lowest BCUT2D eigenvalue weighted by Crippen LogP contribution is -2.40. The Morgan fingerprint density at radius 2 is 2.06 bits per heavy atom. The van der Waals surface area contributed by atoms with Crippen molar-refractivity contribution >= 4 is 28.9 Å². The minimum absolute atomic E-state index is 0.560. The van der Waals surface area contributed by atoms with E-state index < -0.39 is 11.4 Å². The van der Waals surface area contributed by atoms with Gasteiger partial charge in [-0.15, -0.1) is 11.3 Å². The van der Waals surface area contributed by atoms with Crippen LogP contribution in [0.4, 0.5) is 0 Å². The van der Waals surface area contributed by atoms with Crippen molar-refractivity contribution in [3.05, 3.63) is 21.3 Å². The number of thiophene rings is 1. The van der Waals surface area contributed by atoms with E-state index in [1.54, 1.807) is 11.3 Å². The molecule has 5 heteroatoms. The normalized spacial score (nSPS) is 12.1. The molecule has 0 aliphatic rings. The van der Waals surface area contributed by atoms with Crippen molar-refractivity contribution in [3.63, 3.8) is 0 Å². The minimum atomic E-state index is -0.705. The quantitative estimate of drug-likeness (QED) is 0.831. The summed E-state index contributed by atoms with van der Waals surface area (Å²) in [6.07, 6.45) is 1.29. The zero-order valence-electron chi connectivity index (χ0n) is 11.1. The third-order valence-corrected chi connectivity index (χ3v) is 4.65. The number of carboxylic acid groups (broad SMARTS) is 1. The number of halogens is 1. The second-order valence-electron chi connectivity index (χ2n) is 4.67.